The van der Waals surface area contributed by atoms with Gasteiger partial charge in [-0.15, -0.1) is 0 Å². The van der Waals surface area contributed by atoms with Crippen molar-refractivity contribution in [3.63, 3.8) is 0 Å². The zero-order valence-corrected chi connectivity index (χ0v) is 14.7. The summed E-state index contributed by atoms with van der Waals surface area (Å²) in [4.78, 5) is 11.9. The normalized spacial score (nSPS) is 11.1. The molecule has 2 rings (SSSR count). The van der Waals surface area contributed by atoms with Crippen LogP contribution in [0.25, 0.3) is 6.08 Å². The molecule has 0 saturated heterocycles. The number of rotatable bonds is 4. The van der Waals surface area contributed by atoms with Gasteiger partial charge in [0.05, 0.1) is 4.47 Å². The van der Waals surface area contributed by atoms with E-state index in [1.807, 2.05) is 30.3 Å². The van der Waals surface area contributed by atoms with Crippen LogP contribution in [-0.4, -0.2) is 5.97 Å². The molecule has 0 aliphatic carbocycles. The van der Waals surface area contributed by atoms with Gasteiger partial charge in [-0.3, -0.25) is 0 Å². The largest absolute Gasteiger partial charge is 0.422 e. The average Bonchev–Trinajstić information content (AvgIpc) is 2.48. The molecule has 4 heteroatoms. The van der Waals surface area contributed by atoms with Crippen molar-refractivity contribution in [3.8, 4) is 5.75 Å². The Kier molecular flexibility index (Phi) is 5.81. The lowest BCUT2D eigenvalue weighted by atomic mass is 10.0. The predicted molar refractivity (Wildman–Crippen MR) is 94.4 cm³/mol. The van der Waals surface area contributed by atoms with E-state index in [0.29, 0.717) is 16.7 Å². The Hall–Kier alpha value is -1.58. The number of carbonyl (C=O) groups excluding carboxylic acids is 1. The fourth-order valence-corrected chi connectivity index (χ4v) is 2.55. The van der Waals surface area contributed by atoms with Crippen LogP contribution in [0.2, 0.25) is 5.02 Å². The Labute approximate surface area is 143 Å². The smallest absolute Gasteiger partial charge is 0.336 e. The van der Waals surface area contributed by atoms with Gasteiger partial charge >= 0.3 is 5.97 Å². The Morgan fingerprint density at radius 3 is 2.59 bits per heavy atom. The molecule has 2 nitrogen and oxygen atoms in total. The lowest BCUT2D eigenvalue weighted by molar-refractivity contribution is -0.128. The molecule has 0 aliphatic rings. The van der Waals surface area contributed by atoms with Gasteiger partial charge in [0.1, 0.15) is 5.75 Å². The number of esters is 1. The van der Waals surface area contributed by atoms with Crippen LogP contribution in [-0.2, 0) is 4.79 Å². The maximum absolute atomic E-state index is 11.9. The van der Waals surface area contributed by atoms with Gasteiger partial charge in [0.2, 0.25) is 0 Å². The Balaban J connectivity index is 2.08. The Morgan fingerprint density at radius 1 is 1.23 bits per heavy atom. The van der Waals surface area contributed by atoms with Gasteiger partial charge in [0.15, 0.2) is 0 Å². The van der Waals surface area contributed by atoms with E-state index in [1.165, 1.54) is 11.6 Å². The van der Waals surface area contributed by atoms with Crippen LogP contribution >= 0.6 is 27.5 Å². The third-order valence-electron chi connectivity index (χ3n) is 3.14. The second kappa shape index (κ2) is 7.61. The van der Waals surface area contributed by atoms with Crippen molar-refractivity contribution in [2.24, 2.45) is 0 Å². The molecular formula is C18H16BrClO2. The fraction of sp³-hybridized carbons (Fsp3) is 0.167. The maximum atomic E-state index is 11.9. The van der Waals surface area contributed by atoms with Crippen molar-refractivity contribution >= 4 is 39.6 Å². The summed E-state index contributed by atoms with van der Waals surface area (Å²) in [6.45, 7) is 4.22. The molecule has 114 valence electrons. The third kappa shape index (κ3) is 4.46. The highest BCUT2D eigenvalue weighted by molar-refractivity contribution is 9.10. The average molecular weight is 380 g/mol. The van der Waals surface area contributed by atoms with Gasteiger partial charge in [-0.05, 0) is 57.2 Å². The molecular weight excluding hydrogens is 364 g/mol. The fourth-order valence-electron chi connectivity index (χ4n) is 1.87. The van der Waals surface area contributed by atoms with E-state index in [4.69, 9.17) is 16.3 Å². The van der Waals surface area contributed by atoms with Crippen LogP contribution in [0.15, 0.2) is 53.0 Å². The maximum Gasteiger partial charge on any atom is 0.336 e. The highest BCUT2D eigenvalue weighted by Gasteiger charge is 2.08. The number of hydrogen-bond donors (Lipinski definition) is 0. The first kappa shape index (κ1) is 16.8. The Bertz CT molecular complexity index is 708. The first-order valence-corrected chi connectivity index (χ1v) is 8.08. The van der Waals surface area contributed by atoms with E-state index in [2.05, 4.69) is 29.8 Å². The van der Waals surface area contributed by atoms with Crippen LogP contribution in [0.1, 0.15) is 30.9 Å². The van der Waals surface area contributed by atoms with Crippen LogP contribution in [0.5, 0.6) is 5.75 Å². The summed E-state index contributed by atoms with van der Waals surface area (Å²) >= 11 is 9.46. The minimum atomic E-state index is -0.446. The minimum Gasteiger partial charge on any atom is -0.422 e. The molecule has 0 radical (unpaired) electrons. The topological polar surface area (TPSA) is 26.3 Å². The lowest BCUT2D eigenvalue weighted by Gasteiger charge is -2.09. The SMILES string of the molecule is CC(C)c1ccc(OC(=O)C=Cc2ccccc2Cl)c(Br)c1. The summed E-state index contributed by atoms with van der Waals surface area (Å²) in [5.74, 6) is 0.470. The van der Waals surface area contributed by atoms with Crippen molar-refractivity contribution in [2.75, 3.05) is 0 Å². The van der Waals surface area contributed by atoms with Crippen LogP contribution < -0.4 is 4.74 Å². The van der Waals surface area contributed by atoms with Crippen molar-refractivity contribution in [1.82, 2.24) is 0 Å². The van der Waals surface area contributed by atoms with Crippen LogP contribution in [0, 0.1) is 0 Å². The highest BCUT2D eigenvalue weighted by atomic mass is 79.9. The molecule has 0 aliphatic heterocycles. The summed E-state index contributed by atoms with van der Waals surface area (Å²) in [7, 11) is 0. The molecule has 0 aromatic heterocycles. The first-order chi connectivity index (χ1) is 10.5. The van der Waals surface area contributed by atoms with Crippen LogP contribution in [0.3, 0.4) is 0 Å². The second-order valence-corrected chi connectivity index (χ2v) is 6.38. The quantitative estimate of drug-likeness (QED) is 0.379. The molecule has 0 unspecified atom stereocenters. The summed E-state index contributed by atoms with van der Waals surface area (Å²) < 4.78 is 6.09. The number of ether oxygens (including phenoxy) is 1. The summed E-state index contributed by atoms with van der Waals surface area (Å²) in [5.41, 5.74) is 1.95. The monoisotopic (exact) mass is 378 g/mol. The zero-order chi connectivity index (χ0) is 16.1. The molecule has 0 bridgehead atoms. The van der Waals surface area contributed by atoms with Crippen LogP contribution in [0.4, 0.5) is 0 Å². The van der Waals surface area contributed by atoms with E-state index < -0.39 is 5.97 Å². The molecule has 2 aromatic rings. The third-order valence-corrected chi connectivity index (χ3v) is 4.10. The number of hydrogen-bond acceptors (Lipinski definition) is 2. The summed E-state index contributed by atoms with van der Waals surface area (Å²) in [6, 6.07) is 13.0. The van der Waals surface area contributed by atoms with Crippen molar-refractivity contribution in [1.29, 1.82) is 0 Å². The molecule has 0 heterocycles. The number of halogens is 2. The van der Waals surface area contributed by atoms with Gasteiger partial charge in [-0.1, -0.05) is 49.7 Å². The summed E-state index contributed by atoms with van der Waals surface area (Å²) in [6.07, 6.45) is 3.01. The zero-order valence-electron chi connectivity index (χ0n) is 12.3. The summed E-state index contributed by atoms with van der Waals surface area (Å²) in [5, 5.41) is 0.592. The van der Waals surface area contributed by atoms with E-state index >= 15 is 0 Å². The van der Waals surface area contributed by atoms with Gasteiger partial charge < -0.3 is 4.74 Å². The van der Waals surface area contributed by atoms with E-state index in [0.717, 1.165) is 10.0 Å². The lowest BCUT2D eigenvalue weighted by Crippen LogP contribution is -2.04. The molecule has 0 amide bonds. The molecule has 0 spiro atoms. The number of carbonyl (C=O) groups is 1. The Morgan fingerprint density at radius 2 is 1.95 bits per heavy atom. The molecule has 0 fully saturated rings. The van der Waals surface area contributed by atoms with Crippen molar-refractivity contribution < 1.29 is 9.53 Å². The second-order valence-electron chi connectivity index (χ2n) is 5.12. The van der Waals surface area contributed by atoms with Crippen molar-refractivity contribution in [2.45, 2.75) is 19.8 Å². The van der Waals surface area contributed by atoms with Gasteiger partial charge in [0, 0.05) is 11.1 Å². The van der Waals surface area contributed by atoms with E-state index in [1.54, 1.807) is 18.2 Å². The van der Waals surface area contributed by atoms with E-state index in [9.17, 15) is 4.79 Å². The molecule has 22 heavy (non-hydrogen) atoms. The first-order valence-electron chi connectivity index (χ1n) is 6.91. The van der Waals surface area contributed by atoms with Gasteiger partial charge in [0.25, 0.3) is 0 Å². The minimum absolute atomic E-state index is 0.418. The predicted octanol–water partition coefficient (Wildman–Crippen LogP) is 5.84. The van der Waals surface area contributed by atoms with Gasteiger partial charge in [-0.2, -0.15) is 0 Å². The highest BCUT2D eigenvalue weighted by Crippen LogP contribution is 2.29. The van der Waals surface area contributed by atoms with Gasteiger partial charge in [-0.25, -0.2) is 4.79 Å². The molecule has 2 aromatic carbocycles. The molecule has 0 saturated carbocycles. The molecule has 0 atom stereocenters. The number of benzene rings is 2. The van der Waals surface area contributed by atoms with E-state index in [-0.39, 0.29) is 0 Å². The molecule has 0 N–H and O–H groups in total. The standard InChI is InChI=1S/C18H16BrClO2/c1-12(2)14-7-9-17(15(19)11-14)22-18(21)10-8-13-5-3-4-6-16(13)20/h3-12H,1-2H3. The van der Waals surface area contributed by atoms with Crippen molar-refractivity contribution in [3.05, 3.63) is 69.2 Å².